The van der Waals surface area contributed by atoms with E-state index in [1.54, 1.807) is 0 Å². The number of H-pyrrole nitrogens is 1. The van der Waals surface area contributed by atoms with Crippen molar-refractivity contribution in [2.45, 2.75) is 46.0 Å². The Balaban J connectivity index is 2.20. The lowest BCUT2D eigenvalue weighted by atomic mass is 10.1. The summed E-state index contributed by atoms with van der Waals surface area (Å²) >= 11 is 0. The van der Waals surface area contributed by atoms with Gasteiger partial charge in [0.2, 0.25) is 0 Å². The van der Waals surface area contributed by atoms with E-state index >= 15 is 0 Å². The Morgan fingerprint density at radius 3 is 2.58 bits per heavy atom. The summed E-state index contributed by atoms with van der Waals surface area (Å²) in [6, 6.07) is 0. The summed E-state index contributed by atoms with van der Waals surface area (Å²) in [5, 5.41) is 0. The fourth-order valence-electron chi connectivity index (χ4n) is 1.49. The lowest BCUT2D eigenvalue weighted by Crippen LogP contribution is -1.85. The number of aromatic amines is 1. The van der Waals surface area contributed by atoms with Gasteiger partial charge in [-0.3, -0.25) is 0 Å². The highest BCUT2D eigenvalue weighted by molar-refractivity contribution is 5.21. The molecule has 0 atom stereocenters. The average molecular weight is 165 g/mol. The van der Waals surface area contributed by atoms with E-state index in [1.165, 1.54) is 43.2 Å². The van der Waals surface area contributed by atoms with Crippen LogP contribution < -0.4 is 0 Å². The SMILES string of the molecule is CCCCCCc1c[nH]cc1C. The van der Waals surface area contributed by atoms with Gasteiger partial charge < -0.3 is 4.98 Å². The molecule has 0 aliphatic rings. The largest absolute Gasteiger partial charge is 0.367 e. The molecule has 68 valence electrons. The molecule has 0 spiro atoms. The summed E-state index contributed by atoms with van der Waals surface area (Å²) in [6.07, 6.45) is 10.9. The number of hydrogen-bond donors (Lipinski definition) is 1. The van der Waals surface area contributed by atoms with E-state index in [9.17, 15) is 0 Å². The number of aromatic nitrogens is 1. The number of unbranched alkanes of at least 4 members (excludes halogenated alkanes) is 3. The maximum Gasteiger partial charge on any atom is 0.00400 e. The molecular weight excluding hydrogens is 146 g/mol. The van der Waals surface area contributed by atoms with E-state index in [1.807, 2.05) is 0 Å². The van der Waals surface area contributed by atoms with E-state index in [0.717, 1.165) is 0 Å². The normalized spacial score (nSPS) is 10.5. The van der Waals surface area contributed by atoms with Crippen molar-refractivity contribution in [2.75, 3.05) is 0 Å². The molecule has 12 heavy (non-hydrogen) atoms. The van der Waals surface area contributed by atoms with Gasteiger partial charge in [-0.25, -0.2) is 0 Å². The molecule has 1 N–H and O–H groups in total. The predicted molar refractivity (Wildman–Crippen MR) is 53.4 cm³/mol. The van der Waals surface area contributed by atoms with Gasteiger partial charge in [0.25, 0.3) is 0 Å². The molecule has 0 bridgehead atoms. The van der Waals surface area contributed by atoms with Gasteiger partial charge in [0.1, 0.15) is 0 Å². The van der Waals surface area contributed by atoms with Crippen molar-refractivity contribution in [3.05, 3.63) is 23.5 Å². The van der Waals surface area contributed by atoms with E-state index in [4.69, 9.17) is 0 Å². The molecular formula is C11H19N. The van der Waals surface area contributed by atoms with Crippen molar-refractivity contribution < 1.29 is 0 Å². The van der Waals surface area contributed by atoms with Gasteiger partial charge in [0.05, 0.1) is 0 Å². The molecule has 0 aromatic carbocycles. The lowest BCUT2D eigenvalue weighted by Gasteiger charge is -1.98. The topological polar surface area (TPSA) is 15.8 Å². The molecule has 0 aliphatic heterocycles. The molecule has 0 fully saturated rings. The maximum atomic E-state index is 3.14. The Bertz CT molecular complexity index is 213. The number of aryl methyl sites for hydroxylation is 2. The molecule has 1 aromatic rings. The lowest BCUT2D eigenvalue weighted by molar-refractivity contribution is 0.666. The second-order valence-electron chi connectivity index (χ2n) is 3.47. The Kier molecular flexibility index (Phi) is 3.92. The van der Waals surface area contributed by atoms with Crippen LogP contribution in [-0.2, 0) is 6.42 Å². The first-order chi connectivity index (χ1) is 5.84. The first kappa shape index (κ1) is 9.37. The third-order valence-electron chi connectivity index (χ3n) is 2.36. The quantitative estimate of drug-likeness (QED) is 0.643. The molecule has 0 unspecified atom stereocenters. The Morgan fingerprint density at radius 1 is 1.17 bits per heavy atom. The highest BCUT2D eigenvalue weighted by Crippen LogP contribution is 2.11. The van der Waals surface area contributed by atoms with E-state index in [2.05, 4.69) is 31.2 Å². The van der Waals surface area contributed by atoms with Crippen LogP contribution in [0.15, 0.2) is 12.4 Å². The molecule has 0 saturated heterocycles. The van der Waals surface area contributed by atoms with Crippen molar-refractivity contribution in [3.8, 4) is 0 Å². The number of rotatable bonds is 5. The van der Waals surface area contributed by atoms with Crippen LogP contribution in [0.3, 0.4) is 0 Å². The molecule has 1 rings (SSSR count). The highest BCUT2D eigenvalue weighted by atomic mass is 14.6. The first-order valence-electron chi connectivity index (χ1n) is 4.97. The minimum absolute atomic E-state index is 1.25. The first-order valence-corrected chi connectivity index (χ1v) is 4.97. The van der Waals surface area contributed by atoms with Crippen molar-refractivity contribution in [1.29, 1.82) is 0 Å². The van der Waals surface area contributed by atoms with Crippen LogP contribution in [-0.4, -0.2) is 4.98 Å². The number of hydrogen-bond acceptors (Lipinski definition) is 0. The van der Waals surface area contributed by atoms with Crippen LogP contribution in [0, 0.1) is 6.92 Å². The second kappa shape index (κ2) is 5.02. The van der Waals surface area contributed by atoms with Crippen LogP contribution in [0.4, 0.5) is 0 Å². The zero-order valence-electron chi connectivity index (χ0n) is 8.19. The summed E-state index contributed by atoms with van der Waals surface area (Å²) in [6.45, 7) is 4.42. The fourth-order valence-corrected chi connectivity index (χ4v) is 1.49. The van der Waals surface area contributed by atoms with E-state index in [-0.39, 0.29) is 0 Å². The zero-order chi connectivity index (χ0) is 8.81. The van der Waals surface area contributed by atoms with Crippen molar-refractivity contribution in [3.63, 3.8) is 0 Å². The molecule has 0 amide bonds. The third kappa shape index (κ3) is 2.72. The minimum atomic E-state index is 1.25. The Labute approximate surface area is 75.2 Å². The predicted octanol–water partition coefficient (Wildman–Crippen LogP) is 3.45. The summed E-state index contributed by atoms with van der Waals surface area (Å²) in [4.78, 5) is 3.14. The summed E-state index contributed by atoms with van der Waals surface area (Å²) in [5.41, 5.74) is 2.90. The summed E-state index contributed by atoms with van der Waals surface area (Å²) in [5.74, 6) is 0. The Hall–Kier alpha value is -0.720. The van der Waals surface area contributed by atoms with Crippen molar-refractivity contribution in [1.82, 2.24) is 4.98 Å². The van der Waals surface area contributed by atoms with Crippen molar-refractivity contribution >= 4 is 0 Å². The molecule has 0 aliphatic carbocycles. The standard InChI is InChI=1S/C11H19N/c1-3-4-5-6-7-11-9-12-8-10(11)2/h8-9,12H,3-7H2,1-2H3. The van der Waals surface area contributed by atoms with Crippen LogP contribution in [0.25, 0.3) is 0 Å². The summed E-state index contributed by atoms with van der Waals surface area (Å²) < 4.78 is 0. The molecule has 0 saturated carbocycles. The maximum absolute atomic E-state index is 3.14. The average Bonchev–Trinajstić information content (AvgIpc) is 2.46. The van der Waals surface area contributed by atoms with Crippen LogP contribution in [0.2, 0.25) is 0 Å². The van der Waals surface area contributed by atoms with Gasteiger partial charge in [-0.15, -0.1) is 0 Å². The zero-order valence-corrected chi connectivity index (χ0v) is 8.19. The van der Waals surface area contributed by atoms with Gasteiger partial charge in [0, 0.05) is 12.4 Å². The van der Waals surface area contributed by atoms with Gasteiger partial charge in [0.15, 0.2) is 0 Å². The molecule has 1 heteroatoms. The monoisotopic (exact) mass is 165 g/mol. The highest BCUT2D eigenvalue weighted by Gasteiger charge is 1.97. The smallest absolute Gasteiger partial charge is 0.00400 e. The van der Waals surface area contributed by atoms with Crippen LogP contribution in [0.5, 0.6) is 0 Å². The molecule has 0 radical (unpaired) electrons. The van der Waals surface area contributed by atoms with Gasteiger partial charge >= 0.3 is 0 Å². The van der Waals surface area contributed by atoms with Crippen molar-refractivity contribution in [2.24, 2.45) is 0 Å². The van der Waals surface area contributed by atoms with Gasteiger partial charge in [-0.05, 0) is 30.9 Å². The van der Waals surface area contributed by atoms with Gasteiger partial charge in [-0.2, -0.15) is 0 Å². The fraction of sp³-hybridized carbons (Fsp3) is 0.636. The molecule has 1 aromatic heterocycles. The minimum Gasteiger partial charge on any atom is -0.367 e. The number of nitrogens with one attached hydrogen (secondary N) is 1. The van der Waals surface area contributed by atoms with E-state index < -0.39 is 0 Å². The van der Waals surface area contributed by atoms with Gasteiger partial charge in [-0.1, -0.05) is 26.2 Å². The Morgan fingerprint density at radius 2 is 2.00 bits per heavy atom. The van der Waals surface area contributed by atoms with E-state index in [0.29, 0.717) is 0 Å². The molecule has 1 nitrogen and oxygen atoms in total. The van der Waals surface area contributed by atoms with Crippen LogP contribution >= 0.6 is 0 Å². The summed E-state index contributed by atoms with van der Waals surface area (Å²) in [7, 11) is 0. The third-order valence-corrected chi connectivity index (χ3v) is 2.36. The second-order valence-corrected chi connectivity index (χ2v) is 3.47. The van der Waals surface area contributed by atoms with Crippen LogP contribution in [0.1, 0.15) is 43.7 Å². The molecule has 1 heterocycles.